The second-order valence-corrected chi connectivity index (χ2v) is 7.81. The van der Waals surface area contributed by atoms with Gasteiger partial charge in [0.05, 0.1) is 5.69 Å². The zero-order valence-electron chi connectivity index (χ0n) is 15.3. The summed E-state index contributed by atoms with van der Waals surface area (Å²) in [6.07, 6.45) is 10.4. The Bertz CT molecular complexity index is 699. The molecule has 1 aliphatic heterocycles. The molecular weight excluding hydrogens is 312 g/mol. The van der Waals surface area contributed by atoms with Gasteiger partial charge in [0.2, 0.25) is 5.91 Å². The number of rotatable bonds is 4. The standard InChI is InChI=1S/C20H28N4O/c1-13-22-19-7-10-24(14(2)25)9-6-18(19)20(23-13)21-8-5-17-12-15-3-4-16(17)11-15/h3-4,15-17H,5-12H2,1-2H3,(H,21,22,23)/t15-,16+,17-/m1/s1. The summed E-state index contributed by atoms with van der Waals surface area (Å²) in [6.45, 7) is 6.10. The molecule has 134 valence electrons. The summed E-state index contributed by atoms with van der Waals surface area (Å²) >= 11 is 0. The molecule has 2 aliphatic carbocycles. The van der Waals surface area contributed by atoms with Crippen LogP contribution in [0.4, 0.5) is 5.82 Å². The van der Waals surface area contributed by atoms with Crippen LogP contribution < -0.4 is 5.32 Å². The van der Waals surface area contributed by atoms with Crippen LogP contribution >= 0.6 is 0 Å². The van der Waals surface area contributed by atoms with Crippen LogP contribution in [0.1, 0.15) is 43.3 Å². The normalized spacial score (nSPS) is 27.3. The van der Waals surface area contributed by atoms with Crippen molar-refractivity contribution in [3.05, 3.63) is 29.2 Å². The zero-order valence-corrected chi connectivity index (χ0v) is 15.3. The lowest BCUT2D eigenvalue weighted by Gasteiger charge is -2.19. The second kappa shape index (κ2) is 6.77. The fourth-order valence-corrected chi connectivity index (χ4v) is 4.79. The molecule has 5 nitrogen and oxygen atoms in total. The highest BCUT2D eigenvalue weighted by Crippen LogP contribution is 2.44. The predicted octanol–water partition coefficient (Wildman–Crippen LogP) is 2.75. The third kappa shape index (κ3) is 3.42. The number of hydrogen-bond donors (Lipinski definition) is 1. The molecule has 3 aliphatic rings. The van der Waals surface area contributed by atoms with Gasteiger partial charge in [0.15, 0.2) is 0 Å². The van der Waals surface area contributed by atoms with E-state index in [0.717, 1.165) is 67.6 Å². The van der Waals surface area contributed by atoms with E-state index in [9.17, 15) is 4.79 Å². The van der Waals surface area contributed by atoms with Gasteiger partial charge in [-0.25, -0.2) is 9.97 Å². The van der Waals surface area contributed by atoms with Gasteiger partial charge in [-0.15, -0.1) is 0 Å². The average molecular weight is 340 g/mol. The highest BCUT2D eigenvalue weighted by Gasteiger charge is 2.35. The molecule has 0 spiro atoms. The molecule has 0 aromatic carbocycles. The summed E-state index contributed by atoms with van der Waals surface area (Å²) in [5.41, 5.74) is 2.32. The van der Waals surface area contributed by atoms with Gasteiger partial charge in [-0.2, -0.15) is 0 Å². The Kier molecular flexibility index (Phi) is 4.48. The van der Waals surface area contributed by atoms with Crippen molar-refractivity contribution in [3.63, 3.8) is 0 Å². The van der Waals surface area contributed by atoms with Crippen LogP contribution in [-0.2, 0) is 17.6 Å². The fraction of sp³-hybridized carbons (Fsp3) is 0.650. The minimum atomic E-state index is 0.149. The first kappa shape index (κ1) is 16.6. The highest BCUT2D eigenvalue weighted by atomic mass is 16.2. The van der Waals surface area contributed by atoms with Crippen LogP contribution in [0.5, 0.6) is 0 Å². The first-order valence-corrected chi connectivity index (χ1v) is 9.64. The van der Waals surface area contributed by atoms with Gasteiger partial charge in [0.25, 0.3) is 0 Å². The van der Waals surface area contributed by atoms with Gasteiger partial charge >= 0.3 is 0 Å². The summed E-state index contributed by atoms with van der Waals surface area (Å²) in [4.78, 5) is 22.9. The molecule has 1 saturated carbocycles. The Balaban J connectivity index is 1.42. The number of carbonyl (C=O) groups excluding carboxylic acids is 1. The van der Waals surface area contributed by atoms with Crippen molar-refractivity contribution in [2.45, 2.75) is 46.0 Å². The predicted molar refractivity (Wildman–Crippen MR) is 98.4 cm³/mol. The Labute approximate surface area is 149 Å². The Morgan fingerprint density at radius 2 is 2.08 bits per heavy atom. The number of hydrogen-bond acceptors (Lipinski definition) is 4. The van der Waals surface area contributed by atoms with Crippen LogP contribution in [0.3, 0.4) is 0 Å². The van der Waals surface area contributed by atoms with E-state index >= 15 is 0 Å². The zero-order chi connectivity index (χ0) is 17.4. The van der Waals surface area contributed by atoms with Gasteiger partial charge in [-0.1, -0.05) is 12.2 Å². The summed E-state index contributed by atoms with van der Waals surface area (Å²) in [5, 5.41) is 3.59. The molecule has 4 rings (SSSR count). The van der Waals surface area contributed by atoms with E-state index in [-0.39, 0.29) is 5.91 Å². The quantitative estimate of drug-likeness (QED) is 0.856. The third-order valence-electron chi connectivity index (χ3n) is 6.12. The van der Waals surface area contributed by atoms with Crippen LogP contribution in [0.25, 0.3) is 0 Å². The van der Waals surface area contributed by atoms with Gasteiger partial charge < -0.3 is 10.2 Å². The van der Waals surface area contributed by atoms with Gasteiger partial charge in [-0.05, 0) is 50.4 Å². The average Bonchev–Trinajstić information content (AvgIpc) is 3.12. The van der Waals surface area contributed by atoms with Crippen LogP contribution in [0.15, 0.2) is 12.2 Å². The molecule has 0 unspecified atom stereocenters. The summed E-state index contributed by atoms with van der Waals surface area (Å²) < 4.78 is 0. The highest BCUT2D eigenvalue weighted by molar-refractivity contribution is 5.73. The van der Waals surface area contributed by atoms with Crippen molar-refractivity contribution >= 4 is 11.7 Å². The van der Waals surface area contributed by atoms with Gasteiger partial charge in [0, 0.05) is 38.5 Å². The maximum absolute atomic E-state index is 11.7. The number of nitrogens with one attached hydrogen (secondary N) is 1. The van der Waals surface area contributed by atoms with E-state index in [1.165, 1.54) is 24.8 Å². The Hall–Kier alpha value is -1.91. The molecule has 1 aromatic rings. The summed E-state index contributed by atoms with van der Waals surface area (Å²) in [7, 11) is 0. The lowest BCUT2D eigenvalue weighted by atomic mass is 9.90. The molecule has 25 heavy (non-hydrogen) atoms. The molecule has 2 bridgehead atoms. The number of aromatic nitrogens is 2. The van der Waals surface area contributed by atoms with Crippen molar-refractivity contribution in [3.8, 4) is 0 Å². The van der Waals surface area contributed by atoms with E-state index in [2.05, 4.69) is 27.4 Å². The maximum atomic E-state index is 11.7. The van der Waals surface area contributed by atoms with Crippen LogP contribution in [0, 0.1) is 24.7 Å². The molecule has 1 fully saturated rings. The summed E-state index contributed by atoms with van der Waals surface area (Å²) in [6, 6.07) is 0. The van der Waals surface area contributed by atoms with Crippen molar-refractivity contribution in [1.29, 1.82) is 0 Å². The van der Waals surface area contributed by atoms with Gasteiger partial charge in [0.1, 0.15) is 11.6 Å². The first-order valence-electron chi connectivity index (χ1n) is 9.64. The Morgan fingerprint density at radius 1 is 1.24 bits per heavy atom. The number of amides is 1. The third-order valence-corrected chi connectivity index (χ3v) is 6.12. The monoisotopic (exact) mass is 340 g/mol. The molecule has 1 aromatic heterocycles. The van der Waals surface area contributed by atoms with Crippen LogP contribution in [-0.4, -0.2) is 40.4 Å². The molecule has 3 atom stereocenters. The van der Waals surface area contributed by atoms with E-state index in [0.29, 0.717) is 0 Å². The largest absolute Gasteiger partial charge is 0.370 e. The molecule has 1 amide bonds. The number of carbonyl (C=O) groups is 1. The van der Waals surface area contributed by atoms with Crippen molar-refractivity contribution in [2.24, 2.45) is 17.8 Å². The number of aryl methyl sites for hydroxylation is 1. The number of anilines is 1. The molecule has 0 radical (unpaired) electrons. The van der Waals surface area contributed by atoms with Crippen molar-refractivity contribution < 1.29 is 4.79 Å². The minimum absolute atomic E-state index is 0.149. The van der Waals surface area contributed by atoms with Gasteiger partial charge in [-0.3, -0.25) is 4.79 Å². The minimum Gasteiger partial charge on any atom is -0.370 e. The first-order chi connectivity index (χ1) is 12.1. The second-order valence-electron chi connectivity index (χ2n) is 7.81. The lowest BCUT2D eigenvalue weighted by molar-refractivity contribution is -0.128. The number of nitrogens with zero attached hydrogens (tertiary/aromatic N) is 3. The summed E-state index contributed by atoms with van der Waals surface area (Å²) in [5.74, 6) is 4.44. The van der Waals surface area contributed by atoms with Crippen molar-refractivity contribution in [1.82, 2.24) is 14.9 Å². The maximum Gasteiger partial charge on any atom is 0.219 e. The molecule has 5 heteroatoms. The van der Waals surface area contributed by atoms with E-state index in [1.54, 1.807) is 6.92 Å². The van der Waals surface area contributed by atoms with E-state index < -0.39 is 0 Å². The topological polar surface area (TPSA) is 58.1 Å². The molecular formula is C20H28N4O. The van der Waals surface area contributed by atoms with Crippen LogP contribution in [0.2, 0.25) is 0 Å². The molecule has 1 N–H and O–H groups in total. The fourth-order valence-electron chi connectivity index (χ4n) is 4.79. The number of allylic oxidation sites excluding steroid dienone is 2. The Morgan fingerprint density at radius 3 is 2.80 bits per heavy atom. The SMILES string of the molecule is CC(=O)N1CCc2nc(C)nc(NCC[C@@H]3C[C@@H]4C=C[C@H]3C4)c2CC1. The van der Waals surface area contributed by atoms with E-state index in [1.807, 2.05) is 11.8 Å². The van der Waals surface area contributed by atoms with Crippen molar-refractivity contribution in [2.75, 3.05) is 25.0 Å². The molecule has 0 saturated heterocycles. The number of fused-ring (bicyclic) bond motifs is 3. The van der Waals surface area contributed by atoms with E-state index in [4.69, 9.17) is 0 Å². The molecule has 2 heterocycles. The smallest absolute Gasteiger partial charge is 0.219 e. The lowest BCUT2D eigenvalue weighted by Crippen LogP contribution is -2.31.